The fourth-order valence-electron chi connectivity index (χ4n) is 2.26. The van der Waals surface area contributed by atoms with Crippen LogP contribution in [0.5, 0.6) is 0 Å². The third-order valence-electron chi connectivity index (χ3n) is 3.35. The third-order valence-corrected chi connectivity index (χ3v) is 3.35. The molecule has 4 heteroatoms. The van der Waals surface area contributed by atoms with E-state index in [0.29, 0.717) is 6.10 Å². The molecule has 0 aromatic carbocycles. The lowest BCUT2D eigenvalue weighted by Gasteiger charge is -2.18. The second kappa shape index (κ2) is 5.47. The molecule has 1 aromatic heterocycles. The van der Waals surface area contributed by atoms with E-state index < -0.39 is 0 Å². The largest absolute Gasteiger partial charge is 0.380 e. The first-order valence-corrected chi connectivity index (χ1v) is 6.13. The summed E-state index contributed by atoms with van der Waals surface area (Å²) in [6, 6.07) is 4.27. The summed E-state index contributed by atoms with van der Waals surface area (Å²) in [5, 5.41) is 3.16. The molecule has 0 radical (unpaired) electrons. The second-order valence-electron chi connectivity index (χ2n) is 4.54. The highest BCUT2D eigenvalue weighted by Crippen LogP contribution is 2.21. The molecule has 4 nitrogen and oxygen atoms in total. The van der Waals surface area contributed by atoms with Gasteiger partial charge < -0.3 is 15.0 Å². The van der Waals surface area contributed by atoms with E-state index in [4.69, 9.17) is 4.74 Å². The number of anilines is 1. The number of pyridine rings is 1. The lowest BCUT2D eigenvalue weighted by molar-refractivity contribution is 0.121. The zero-order valence-electron chi connectivity index (χ0n) is 10.9. The summed E-state index contributed by atoms with van der Waals surface area (Å²) in [7, 11) is 3.74. The van der Waals surface area contributed by atoms with Crippen LogP contribution in [0.2, 0.25) is 0 Å². The summed E-state index contributed by atoms with van der Waals surface area (Å²) in [5.74, 6) is 1.07. The Balaban J connectivity index is 2.09. The Morgan fingerprint density at radius 2 is 2.35 bits per heavy atom. The van der Waals surface area contributed by atoms with Gasteiger partial charge in [0, 0.05) is 32.4 Å². The molecule has 1 fully saturated rings. The Bertz CT molecular complexity index is 381. The number of aromatic nitrogens is 1. The van der Waals surface area contributed by atoms with Gasteiger partial charge in [-0.15, -0.1) is 0 Å². The fraction of sp³-hybridized carbons (Fsp3) is 0.615. The van der Waals surface area contributed by atoms with Gasteiger partial charge >= 0.3 is 0 Å². The van der Waals surface area contributed by atoms with Gasteiger partial charge in [0.1, 0.15) is 5.82 Å². The van der Waals surface area contributed by atoms with Gasteiger partial charge in [-0.1, -0.05) is 6.07 Å². The number of methoxy groups -OCH3 is 1. The Labute approximate surface area is 103 Å². The normalized spacial score (nSPS) is 19.9. The van der Waals surface area contributed by atoms with Crippen molar-refractivity contribution in [1.29, 1.82) is 0 Å². The molecule has 1 aliphatic rings. The van der Waals surface area contributed by atoms with Crippen LogP contribution in [0.25, 0.3) is 0 Å². The minimum absolute atomic E-state index is 0.356. The molecule has 0 bridgehead atoms. The molecule has 1 aromatic rings. The number of aryl methyl sites for hydroxylation is 1. The summed E-state index contributed by atoms with van der Waals surface area (Å²) < 4.78 is 5.38. The van der Waals surface area contributed by atoms with Crippen LogP contribution in [0.15, 0.2) is 12.1 Å². The molecule has 1 unspecified atom stereocenters. The molecule has 17 heavy (non-hydrogen) atoms. The van der Waals surface area contributed by atoms with Gasteiger partial charge in [-0.25, -0.2) is 4.98 Å². The molecule has 2 rings (SSSR count). The first kappa shape index (κ1) is 12.3. The minimum Gasteiger partial charge on any atom is -0.380 e. The van der Waals surface area contributed by atoms with Crippen molar-refractivity contribution in [3.63, 3.8) is 0 Å². The lowest BCUT2D eigenvalue weighted by Crippen LogP contribution is -2.23. The van der Waals surface area contributed by atoms with Crippen LogP contribution in [0.3, 0.4) is 0 Å². The lowest BCUT2D eigenvalue weighted by atomic mass is 10.2. The van der Waals surface area contributed by atoms with Gasteiger partial charge in [0.15, 0.2) is 0 Å². The van der Waals surface area contributed by atoms with Crippen LogP contribution in [-0.4, -0.2) is 38.3 Å². The number of nitrogens with zero attached hydrogens (tertiary/aromatic N) is 2. The molecule has 1 atom stereocenters. The van der Waals surface area contributed by atoms with Gasteiger partial charge in [-0.2, -0.15) is 0 Å². The number of hydrogen-bond acceptors (Lipinski definition) is 4. The average Bonchev–Trinajstić information content (AvgIpc) is 2.80. The number of nitrogens with one attached hydrogen (secondary N) is 1. The van der Waals surface area contributed by atoms with E-state index >= 15 is 0 Å². The highest BCUT2D eigenvalue weighted by Gasteiger charge is 2.23. The third kappa shape index (κ3) is 2.76. The number of rotatable bonds is 4. The molecule has 1 aliphatic heterocycles. The van der Waals surface area contributed by atoms with Crippen molar-refractivity contribution < 1.29 is 4.74 Å². The minimum atomic E-state index is 0.356. The van der Waals surface area contributed by atoms with E-state index in [0.717, 1.165) is 37.6 Å². The summed E-state index contributed by atoms with van der Waals surface area (Å²) in [5.41, 5.74) is 2.37. The van der Waals surface area contributed by atoms with Crippen LogP contribution in [0.4, 0.5) is 5.82 Å². The molecular formula is C13H21N3O. The predicted molar refractivity (Wildman–Crippen MR) is 69.4 cm³/mol. The first-order chi connectivity index (χ1) is 8.24. The standard InChI is InChI=1S/C13H21N3O/c1-10-11(8-14-2)4-5-13(15-10)16-7-6-12(9-16)17-3/h4-5,12,14H,6-9H2,1-3H3. The van der Waals surface area contributed by atoms with Crippen LogP contribution in [0, 0.1) is 6.92 Å². The van der Waals surface area contributed by atoms with Crippen molar-refractivity contribution in [2.24, 2.45) is 0 Å². The Kier molecular flexibility index (Phi) is 3.97. The predicted octanol–water partition coefficient (Wildman–Crippen LogP) is 1.33. The van der Waals surface area contributed by atoms with E-state index in [1.807, 2.05) is 7.05 Å². The van der Waals surface area contributed by atoms with Gasteiger partial charge in [-0.05, 0) is 32.0 Å². The van der Waals surface area contributed by atoms with Crippen LogP contribution < -0.4 is 10.2 Å². The van der Waals surface area contributed by atoms with Crippen molar-refractivity contribution in [3.05, 3.63) is 23.4 Å². The zero-order chi connectivity index (χ0) is 12.3. The van der Waals surface area contributed by atoms with E-state index in [-0.39, 0.29) is 0 Å². The summed E-state index contributed by atoms with van der Waals surface area (Å²) in [4.78, 5) is 6.97. The zero-order valence-corrected chi connectivity index (χ0v) is 10.9. The van der Waals surface area contributed by atoms with Crippen molar-refractivity contribution in [3.8, 4) is 0 Å². The summed E-state index contributed by atoms with van der Waals surface area (Å²) >= 11 is 0. The maximum Gasteiger partial charge on any atom is 0.128 e. The molecule has 2 heterocycles. The van der Waals surface area contributed by atoms with E-state index in [1.165, 1.54) is 5.56 Å². The summed E-state index contributed by atoms with van der Waals surface area (Å²) in [6.45, 7) is 4.94. The molecule has 1 saturated heterocycles. The monoisotopic (exact) mass is 235 g/mol. The first-order valence-electron chi connectivity index (χ1n) is 6.13. The van der Waals surface area contributed by atoms with Gasteiger partial charge in [0.05, 0.1) is 6.10 Å². The maximum atomic E-state index is 5.38. The van der Waals surface area contributed by atoms with Crippen molar-refractivity contribution >= 4 is 5.82 Å². The molecule has 0 saturated carbocycles. The SMILES string of the molecule is CNCc1ccc(N2CCC(OC)C2)nc1C. The molecule has 94 valence electrons. The van der Waals surface area contributed by atoms with E-state index in [1.54, 1.807) is 7.11 Å². The molecular weight excluding hydrogens is 214 g/mol. The fourth-order valence-corrected chi connectivity index (χ4v) is 2.26. The topological polar surface area (TPSA) is 37.4 Å². The highest BCUT2D eigenvalue weighted by atomic mass is 16.5. The van der Waals surface area contributed by atoms with Crippen molar-refractivity contribution in [1.82, 2.24) is 10.3 Å². The van der Waals surface area contributed by atoms with E-state index in [9.17, 15) is 0 Å². The molecule has 1 N–H and O–H groups in total. The smallest absolute Gasteiger partial charge is 0.128 e. The quantitative estimate of drug-likeness (QED) is 0.854. The summed E-state index contributed by atoms with van der Waals surface area (Å²) in [6.07, 6.45) is 1.45. The Morgan fingerprint density at radius 1 is 1.53 bits per heavy atom. The van der Waals surface area contributed by atoms with Crippen LogP contribution >= 0.6 is 0 Å². The van der Waals surface area contributed by atoms with Crippen molar-refractivity contribution in [2.75, 3.05) is 32.1 Å². The van der Waals surface area contributed by atoms with Crippen molar-refractivity contribution in [2.45, 2.75) is 26.0 Å². The Morgan fingerprint density at radius 3 is 2.94 bits per heavy atom. The second-order valence-corrected chi connectivity index (χ2v) is 4.54. The maximum absolute atomic E-state index is 5.38. The van der Waals surface area contributed by atoms with Crippen LogP contribution in [-0.2, 0) is 11.3 Å². The van der Waals surface area contributed by atoms with Gasteiger partial charge in [-0.3, -0.25) is 0 Å². The molecule has 0 aliphatic carbocycles. The number of ether oxygens (including phenoxy) is 1. The molecule has 0 amide bonds. The van der Waals surface area contributed by atoms with Gasteiger partial charge in [0.25, 0.3) is 0 Å². The molecule has 0 spiro atoms. The Hall–Kier alpha value is -1.13. The average molecular weight is 235 g/mol. The van der Waals surface area contributed by atoms with E-state index in [2.05, 4.69) is 34.3 Å². The number of hydrogen-bond donors (Lipinski definition) is 1. The highest BCUT2D eigenvalue weighted by molar-refractivity contribution is 5.42. The van der Waals surface area contributed by atoms with Crippen LogP contribution in [0.1, 0.15) is 17.7 Å². The van der Waals surface area contributed by atoms with Gasteiger partial charge in [0.2, 0.25) is 0 Å².